The van der Waals surface area contributed by atoms with Gasteiger partial charge in [-0.25, -0.2) is 0 Å². The van der Waals surface area contributed by atoms with Crippen LogP contribution in [-0.4, -0.2) is 34.1 Å². The molecule has 0 atom stereocenters. The topological polar surface area (TPSA) is 41.4 Å². The molecule has 0 radical (unpaired) electrons. The standard InChI is InChI=1S/C19H24N4O/c1-3-21-9-8-17-16(13-21)18(24)20-19-22(10-11-23(17)19)12-15-7-5-4-6-14(15)2/h4-7H,3,8-13H2,1-2H3. The van der Waals surface area contributed by atoms with Gasteiger partial charge >= 0.3 is 0 Å². The predicted octanol–water partition coefficient (Wildman–Crippen LogP) is 1.95. The Bertz CT molecular complexity index is 827. The van der Waals surface area contributed by atoms with Crippen LogP contribution in [0, 0.1) is 6.92 Å². The zero-order valence-electron chi connectivity index (χ0n) is 14.5. The molecule has 2 aliphatic heterocycles. The van der Waals surface area contributed by atoms with E-state index >= 15 is 0 Å². The van der Waals surface area contributed by atoms with Crippen LogP contribution in [0.2, 0.25) is 0 Å². The number of rotatable bonds is 3. The predicted molar refractivity (Wildman–Crippen MR) is 95.4 cm³/mol. The number of likely N-dealkylation sites (N-methyl/N-ethyl adjacent to an activating group) is 1. The Hall–Kier alpha value is -2.14. The third kappa shape index (κ3) is 2.53. The second-order valence-electron chi connectivity index (χ2n) is 6.76. The lowest BCUT2D eigenvalue weighted by atomic mass is 10.1. The molecule has 2 aliphatic rings. The van der Waals surface area contributed by atoms with Crippen LogP contribution in [0.1, 0.15) is 29.3 Å². The molecule has 0 fully saturated rings. The molecular formula is C19H24N4O. The molecular weight excluding hydrogens is 300 g/mol. The van der Waals surface area contributed by atoms with E-state index in [1.807, 2.05) is 0 Å². The van der Waals surface area contributed by atoms with E-state index in [0.29, 0.717) is 0 Å². The van der Waals surface area contributed by atoms with Crippen LogP contribution in [0.3, 0.4) is 0 Å². The van der Waals surface area contributed by atoms with Gasteiger partial charge in [0, 0.05) is 44.8 Å². The van der Waals surface area contributed by atoms with Crippen LogP contribution < -0.4 is 10.5 Å². The highest BCUT2D eigenvalue weighted by molar-refractivity contribution is 5.42. The number of hydrogen-bond acceptors (Lipinski definition) is 4. The quantitative estimate of drug-likeness (QED) is 0.865. The van der Waals surface area contributed by atoms with Crippen molar-refractivity contribution in [2.75, 3.05) is 24.5 Å². The van der Waals surface area contributed by atoms with Crippen LogP contribution >= 0.6 is 0 Å². The van der Waals surface area contributed by atoms with Crippen molar-refractivity contribution in [1.29, 1.82) is 0 Å². The summed E-state index contributed by atoms with van der Waals surface area (Å²) >= 11 is 0. The average Bonchev–Trinajstić information content (AvgIpc) is 2.99. The summed E-state index contributed by atoms with van der Waals surface area (Å²) in [5.41, 5.74) is 4.67. The molecule has 0 spiro atoms. The zero-order valence-corrected chi connectivity index (χ0v) is 14.5. The molecule has 24 heavy (non-hydrogen) atoms. The maximum Gasteiger partial charge on any atom is 0.279 e. The van der Waals surface area contributed by atoms with Gasteiger partial charge in [0.2, 0.25) is 5.95 Å². The Morgan fingerprint density at radius 3 is 2.79 bits per heavy atom. The summed E-state index contributed by atoms with van der Waals surface area (Å²) in [6.45, 7) is 9.72. The molecule has 5 heteroatoms. The molecule has 3 heterocycles. The second-order valence-corrected chi connectivity index (χ2v) is 6.76. The van der Waals surface area contributed by atoms with E-state index < -0.39 is 0 Å². The lowest BCUT2D eigenvalue weighted by Gasteiger charge is -2.29. The summed E-state index contributed by atoms with van der Waals surface area (Å²) in [6.07, 6.45) is 0.951. The fourth-order valence-corrected chi connectivity index (χ4v) is 3.85. The van der Waals surface area contributed by atoms with Crippen molar-refractivity contribution < 1.29 is 0 Å². The van der Waals surface area contributed by atoms with Crippen molar-refractivity contribution in [3.8, 4) is 0 Å². The highest BCUT2D eigenvalue weighted by Gasteiger charge is 2.28. The van der Waals surface area contributed by atoms with Crippen molar-refractivity contribution >= 4 is 5.95 Å². The molecule has 4 rings (SSSR count). The van der Waals surface area contributed by atoms with Gasteiger partial charge in [-0.05, 0) is 24.6 Å². The van der Waals surface area contributed by atoms with Gasteiger partial charge in [-0.3, -0.25) is 9.69 Å². The fourth-order valence-electron chi connectivity index (χ4n) is 3.85. The van der Waals surface area contributed by atoms with Crippen LogP contribution in [0.4, 0.5) is 5.95 Å². The maximum absolute atomic E-state index is 12.6. The number of anilines is 1. The van der Waals surface area contributed by atoms with Crippen LogP contribution in [0.25, 0.3) is 0 Å². The molecule has 0 saturated heterocycles. The first kappa shape index (κ1) is 15.4. The third-order valence-corrected chi connectivity index (χ3v) is 5.37. The van der Waals surface area contributed by atoms with Crippen molar-refractivity contribution in [2.24, 2.45) is 0 Å². The highest BCUT2D eigenvalue weighted by atomic mass is 16.1. The molecule has 1 aromatic heterocycles. The summed E-state index contributed by atoms with van der Waals surface area (Å²) in [6, 6.07) is 8.44. The number of aryl methyl sites for hydroxylation is 1. The smallest absolute Gasteiger partial charge is 0.279 e. The normalized spacial score (nSPS) is 17.0. The first-order chi connectivity index (χ1) is 11.7. The largest absolute Gasteiger partial charge is 0.336 e. The Labute approximate surface area is 142 Å². The number of fused-ring (bicyclic) bond motifs is 3. The Kier molecular flexibility index (Phi) is 3.88. The first-order valence-corrected chi connectivity index (χ1v) is 8.81. The summed E-state index contributed by atoms with van der Waals surface area (Å²) in [5.74, 6) is 0.854. The monoisotopic (exact) mass is 324 g/mol. The van der Waals surface area contributed by atoms with E-state index in [1.54, 1.807) is 0 Å². The molecule has 0 amide bonds. The Morgan fingerprint density at radius 2 is 2.00 bits per heavy atom. The van der Waals surface area contributed by atoms with Gasteiger partial charge in [0.1, 0.15) is 0 Å². The van der Waals surface area contributed by atoms with E-state index in [4.69, 9.17) is 0 Å². The average molecular weight is 324 g/mol. The van der Waals surface area contributed by atoms with Crippen molar-refractivity contribution in [3.05, 3.63) is 57.0 Å². The maximum atomic E-state index is 12.6. The molecule has 5 nitrogen and oxygen atoms in total. The molecule has 0 aliphatic carbocycles. The molecule has 0 saturated carbocycles. The summed E-state index contributed by atoms with van der Waals surface area (Å²) in [7, 11) is 0. The van der Waals surface area contributed by atoms with Gasteiger partial charge < -0.3 is 9.47 Å². The van der Waals surface area contributed by atoms with E-state index in [9.17, 15) is 4.79 Å². The fraction of sp³-hybridized carbons (Fsp3) is 0.474. The van der Waals surface area contributed by atoms with E-state index in [0.717, 1.165) is 57.2 Å². The van der Waals surface area contributed by atoms with Crippen molar-refractivity contribution in [2.45, 2.75) is 39.9 Å². The summed E-state index contributed by atoms with van der Waals surface area (Å²) in [4.78, 5) is 21.6. The van der Waals surface area contributed by atoms with Crippen molar-refractivity contribution in [3.63, 3.8) is 0 Å². The number of nitrogens with zero attached hydrogens (tertiary/aromatic N) is 4. The van der Waals surface area contributed by atoms with E-state index in [1.165, 1.54) is 16.8 Å². The second kappa shape index (κ2) is 6.06. The number of benzene rings is 1. The van der Waals surface area contributed by atoms with Gasteiger partial charge in [-0.2, -0.15) is 4.98 Å². The van der Waals surface area contributed by atoms with Gasteiger partial charge in [0.25, 0.3) is 5.56 Å². The first-order valence-electron chi connectivity index (χ1n) is 8.81. The van der Waals surface area contributed by atoms with E-state index in [2.05, 4.69) is 57.5 Å². The van der Waals surface area contributed by atoms with Crippen LogP contribution in [-0.2, 0) is 26.1 Å². The molecule has 2 aromatic rings. The number of aromatic nitrogens is 2. The molecule has 126 valence electrons. The van der Waals surface area contributed by atoms with Crippen LogP contribution in [0.15, 0.2) is 29.1 Å². The summed E-state index contributed by atoms with van der Waals surface area (Å²) < 4.78 is 2.28. The third-order valence-electron chi connectivity index (χ3n) is 5.37. The van der Waals surface area contributed by atoms with Crippen LogP contribution in [0.5, 0.6) is 0 Å². The zero-order chi connectivity index (χ0) is 16.7. The molecule has 0 bridgehead atoms. The summed E-state index contributed by atoms with van der Waals surface area (Å²) in [5, 5.41) is 0. The van der Waals surface area contributed by atoms with Gasteiger partial charge in [0.15, 0.2) is 0 Å². The Balaban J connectivity index is 1.69. The van der Waals surface area contributed by atoms with Crippen molar-refractivity contribution in [1.82, 2.24) is 14.5 Å². The number of hydrogen-bond donors (Lipinski definition) is 0. The molecule has 1 aromatic carbocycles. The van der Waals surface area contributed by atoms with Gasteiger partial charge in [0.05, 0.1) is 5.56 Å². The molecule has 0 unspecified atom stereocenters. The lowest BCUT2D eigenvalue weighted by molar-refractivity contribution is 0.261. The molecule has 0 N–H and O–H groups in total. The Morgan fingerprint density at radius 1 is 1.17 bits per heavy atom. The highest BCUT2D eigenvalue weighted by Crippen LogP contribution is 2.26. The van der Waals surface area contributed by atoms with Gasteiger partial charge in [-0.15, -0.1) is 0 Å². The SMILES string of the molecule is CCN1CCc2c(c(=O)nc3n2CCN3Cc2ccccc2C)C1. The minimum absolute atomic E-state index is 0.0360. The minimum Gasteiger partial charge on any atom is -0.336 e. The minimum atomic E-state index is -0.0360. The van der Waals surface area contributed by atoms with E-state index in [-0.39, 0.29) is 5.56 Å². The lowest BCUT2D eigenvalue weighted by Crippen LogP contribution is -2.37. The van der Waals surface area contributed by atoms with Gasteiger partial charge in [-0.1, -0.05) is 31.2 Å².